The maximum atomic E-state index is 13.3. The number of nitrogen functional groups attached to an aromatic ring is 1. The second kappa shape index (κ2) is 35.3. The van der Waals surface area contributed by atoms with Crippen LogP contribution in [0.3, 0.4) is 0 Å². The van der Waals surface area contributed by atoms with E-state index >= 15 is 0 Å². The molecule has 1 aromatic carbocycles. The van der Waals surface area contributed by atoms with Crippen molar-refractivity contribution in [2.75, 3.05) is 45.6 Å². The number of anilines is 1. The second-order valence-electron chi connectivity index (χ2n) is 25.5. The molecule has 11 rings (SSSR count). The highest BCUT2D eigenvalue weighted by atomic mass is 35.5. The van der Waals surface area contributed by atoms with Crippen LogP contribution in [0.2, 0.25) is 0 Å². The number of hydrogen-bond donors (Lipinski definition) is 9. The van der Waals surface area contributed by atoms with Crippen LogP contribution < -0.4 is 56.4 Å². The summed E-state index contributed by atoms with van der Waals surface area (Å²) in [5.41, 5.74) is -6.90. The fourth-order valence-electron chi connectivity index (χ4n) is 12.8. The van der Waals surface area contributed by atoms with Crippen molar-refractivity contribution in [1.82, 2.24) is 47.3 Å². The second-order valence-corrected chi connectivity index (χ2v) is 28.0. The minimum Gasteiger partial charge on any atom is -0.393 e. The number of H-pyrrole nitrogens is 3. The summed E-state index contributed by atoms with van der Waals surface area (Å²) in [6.07, 6.45) is 1.33. The first-order valence-corrected chi connectivity index (χ1v) is 35.0. The van der Waals surface area contributed by atoms with Crippen LogP contribution in [0.5, 0.6) is 0 Å². The highest BCUT2D eigenvalue weighted by Gasteiger charge is 2.58. The van der Waals surface area contributed by atoms with Crippen LogP contribution >= 0.6 is 58.0 Å². The minimum absolute atomic E-state index is 0.0184. The van der Waals surface area contributed by atoms with Crippen molar-refractivity contribution >= 4 is 75.4 Å². The first kappa shape index (κ1) is 85.8. The van der Waals surface area contributed by atoms with Gasteiger partial charge in [-0.2, -0.15) is 9.55 Å². The van der Waals surface area contributed by atoms with Gasteiger partial charge in [-0.05, 0) is 43.9 Å². The summed E-state index contributed by atoms with van der Waals surface area (Å²) in [4.78, 5) is 138. The van der Waals surface area contributed by atoms with Crippen LogP contribution in [0.4, 0.5) is 24.7 Å². The number of aromatic nitrogens is 10. The number of aromatic amines is 3. The number of halogens is 8. The Morgan fingerprint density at radius 3 is 1.17 bits per heavy atom. The average molecular weight is 1600 g/mol. The number of nitrogens with one attached hydrogen (secondary N) is 3. The van der Waals surface area contributed by atoms with E-state index < -0.39 is 182 Å². The predicted molar refractivity (Wildman–Crippen MR) is 377 cm³/mol. The molecule has 0 bridgehead atoms. The first-order chi connectivity index (χ1) is 50.0. The largest absolute Gasteiger partial charge is 0.393 e. The Morgan fingerprint density at radius 2 is 0.840 bits per heavy atom. The molecule has 0 radical (unpaired) electrons. The fourth-order valence-corrected chi connectivity index (χ4v) is 14.8. The smallest absolute Gasteiger partial charge is 0.351 e. The van der Waals surface area contributed by atoms with Gasteiger partial charge in [0.2, 0.25) is 0 Å². The summed E-state index contributed by atoms with van der Waals surface area (Å²) in [5.74, 6) is -1.34. The summed E-state index contributed by atoms with van der Waals surface area (Å²) in [7, 11) is 0. The summed E-state index contributed by atoms with van der Waals surface area (Å²) < 4.78 is 73.4. The number of carbonyl (C=O) groups excluding carboxylic acids is 1. The Balaban J connectivity index is 0.000000188. The molecule has 0 unspecified atom stereocenters. The van der Waals surface area contributed by atoms with E-state index in [1.165, 1.54) is 52.1 Å². The van der Waals surface area contributed by atoms with E-state index in [9.17, 15) is 91.7 Å². The van der Waals surface area contributed by atoms with Gasteiger partial charge in [0.05, 0.1) is 52.1 Å². The van der Waals surface area contributed by atoms with Gasteiger partial charge in [0.1, 0.15) is 65.6 Å². The molecule has 0 spiro atoms. The molecule has 5 aliphatic heterocycles. The Hall–Kier alpha value is -7.47. The normalized spacial score (nSPS) is 31.3. The van der Waals surface area contributed by atoms with E-state index in [4.69, 9.17) is 92.5 Å². The lowest BCUT2D eigenvalue weighted by Crippen LogP contribution is -2.47. The third-order valence-corrected chi connectivity index (χ3v) is 22.6. The number of aliphatic hydroxyl groups excluding tert-OH is 5. The number of aliphatic hydroxyl groups is 5. The van der Waals surface area contributed by atoms with Gasteiger partial charge in [-0.25, -0.2) is 37.1 Å². The predicted octanol–water partition coefficient (Wildman–Crippen LogP) is 2.57. The molecule has 0 amide bonds. The summed E-state index contributed by atoms with van der Waals surface area (Å²) >= 11 is 31.1. The van der Waals surface area contributed by atoms with Gasteiger partial charge in [-0.1, -0.05) is 48.5 Å². The van der Waals surface area contributed by atoms with Crippen LogP contribution in [-0.4, -0.2) is 191 Å². The summed E-state index contributed by atoms with van der Waals surface area (Å²) in [5, 5.41) is 54.8. The molecule has 0 aliphatic carbocycles. The highest BCUT2D eigenvalue weighted by molar-refractivity contribution is 6.22. The molecule has 5 fully saturated rings. The van der Waals surface area contributed by atoms with Crippen molar-refractivity contribution in [3.05, 3.63) is 195 Å². The molecule has 106 heavy (non-hydrogen) atoms. The van der Waals surface area contributed by atoms with Gasteiger partial charge in [-0.3, -0.25) is 71.9 Å². The summed E-state index contributed by atoms with van der Waals surface area (Å²) in [6.45, 7) is 8.57. The zero-order chi connectivity index (χ0) is 79.0. The zero-order valence-corrected chi connectivity index (χ0v) is 61.4. The van der Waals surface area contributed by atoms with Gasteiger partial charge in [0.25, 0.3) is 33.8 Å². The third-order valence-electron chi connectivity index (χ3n) is 19.9. The number of ether oxygens (including phenoxy) is 5. The van der Waals surface area contributed by atoms with Crippen LogP contribution in [0, 0.1) is 27.9 Å². The molecule has 5 saturated heterocycles. The Kier molecular flexibility index (Phi) is 28.5. The molecule has 10 heterocycles. The zero-order valence-electron chi connectivity index (χ0n) is 57.7. The standard InChI is InChI=1S/C19H20ClN3O7.C13H19ClN2O3.C12H16ClFN2O3.C10H13ClFN3O4.C10H12ClFN2O5/c1-3-19(10-24)11(2)15(20)17(30-19)21-9-8-14(25)22(18(21)27)16(26)12-4-6-13(7-5-12)23(28)29;1-4-13(5-2)8(3)10(14)11(19-13)16-7-6-9(17)15-12(16)18;1-3-12(6-14)7(2)9(13)10(19-12)16-5-4-8(17)15-11(16)18;11-6-7(17)10(3-12,4-16)19-8(6)15-2-1-5(13)14-9(15)18;11-6-7(17)10(3-12,4-15)19-8(6)14-2-1-5(16)13-9(14)18/h4-9,11,15,17,24H,3,10H2,1-2H3;6-8,10-11H,4-5H2,1-3H3,(H,15,17,18);4-5,7,9-10H,3,6H2,1-2H3,(H,15,17,18);1-2,6-8,16-17H,3-4H2,(H2,13,14,18);1-2,6-8,15,17H,3-4H2,(H,13,16,18)/t11-,15+,17+,19-;8-,10+,11+;7-,9+,10+,12-;2*6-,7+,8-,10-/m00011/s1. The lowest BCUT2D eigenvalue weighted by molar-refractivity contribution is -0.384. The van der Waals surface area contributed by atoms with Crippen LogP contribution in [0.1, 0.15) is 116 Å². The van der Waals surface area contributed by atoms with E-state index in [0.717, 1.165) is 69.1 Å². The Morgan fingerprint density at radius 1 is 0.509 bits per heavy atom. The number of alkyl halides is 8. The number of non-ortho nitro benzene ring substituents is 1. The van der Waals surface area contributed by atoms with Crippen molar-refractivity contribution < 1.29 is 72.1 Å². The monoisotopic (exact) mass is 1600 g/mol. The topological polar surface area (TPSA) is 477 Å². The number of hydrogen-bond acceptors (Lipinski definition) is 24. The van der Waals surface area contributed by atoms with Gasteiger partial charge >= 0.3 is 28.4 Å². The first-order valence-electron chi connectivity index (χ1n) is 32.8. The van der Waals surface area contributed by atoms with Crippen LogP contribution in [-0.2, 0) is 23.7 Å². The van der Waals surface area contributed by atoms with Gasteiger partial charge in [0, 0.05) is 90.7 Å². The van der Waals surface area contributed by atoms with Crippen molar-refractivity contribution in [2.24, 2.45) is 17.8 Å². The number of nitrogens with zero attached hydrogens (tertiary/aromatic N) is 8. The van der Waals surface area contributed by atoms with E-state index in [2.05, 4.69) is 28.8 Å². The molecule has 10 N–H and O–H groups in total. The molecular formula is C64H80Cl5F3N12O22. The van der Waals surface area contributed by atoms with Gasteiger partial charge in [-0.15, -0.1) is 58.0 Å². The number of nitro groups is 1. The molecule has 584 valence electrons. The molecule has 0 saturated carbocycles. The summed E-state index contributed by atoms with van der Waals surface area (Å²) in [6, 6.07) is 10.5. The van der Waals surface area contributed by atoms with E-state index in [-0.39, 0.29) is 52.4 Å². The van der Waals surface area contributed by atoms with E-state index in [0.29, 0.717) is 17.4 Å². The molecule has 5 aromatic heterocycles. The minimum atomic E-state index is -1.87. The molecule has 19 atom stereocenters. The van der Waals surface area contributed by atoms with Gasteiger partial charge in [0.15, 0.2) is 31.1 Å². The molecule has 34 nitrogen and oxygen atoms in total. The fraction of sp³-hybridized carbons (Fsp3) is 0.578. The van der Waals surface area contributed by atoms with Crippen molar-refractivity contribution in [3.8, 4) is 0 Å². The molecule has 6 aromatic rings. The van der Waals surface area contributed by atoms with Crippen molar-refractivity contribution in [3.63, 3.8) is 0 Å². The number of benzene rings is 1. The highest BCUT2D eigenvalue weighted by Crippen LogP contribution is 2.49. The maximum absolute atomic E-state index is 13.3. The molecular weight excluding hydrogens is 1520 g/mol. The lowest BCUT2D eigenvalue weighted by Gasteiger charge is -2.30. The number of nitro benzene ring substituents is 1. The average Bonchev–Trinajstić information content (AvgIpc) is 1.83. The van der Waals surface area contributed by atoms with Crippen LogP contribution in [0.15, 0.2) is 129 Å². The van der Waals surface area contributed by atoms with Crippen molar-refractivity contribution in [2.45, 2.75) is 172 Å². The molecule has 5 aliphatic rings. The van der Waals surface area contributed by atoms with Crippen molar-refractivity contribution in [1.29, 1.82) is 0 Å². The Labute approximate surface area is 622 Å². The number of carbonyl (C=O) groups is 1. The molecule has 42 heteroatoms. The quantitative estimate of drug-likeness (QED) is 0.0360. The van der Waals surface area contributed by atoms with Gasteiger partial charge < -0.3 is 55.0 Å². The Bertz CT molecular complexity index is 4380. The number of rotatable bonds is 17. The van der Waals surface area contributed by atoms with E-state index in [1.54, 1.807) is 13.8 Å². The lowest BCUT2D eigenvalue weighted by atomic mass is 9.84. The third kappa shape index (κ3) is 16.9. The maximum Gasteiger partial charge on any atom is 0.351 e. The van der Waals surface area contributed by atoms with E-state index in [1.807, 2.05) is 25.8 Å². The van der Waals surface area contributed by atoms with Crippen LogP contribution in [0.25, 0.3) is 0 Å². The SMILES string of the molecule is CCC1(CC)O[C@@H](n2ccc(=O)[nH]c2=O)[C@H](Cl)[C@@H]1C.CC[C@@]1(CF)O[C@@H](n2ccc(=O)[nH]c2=O)[C@H](Cl)[C@@H]1C.CC[C@@]1(CO)O[C@@H](n2ccc(=O)n(C(=O)c3ccc([N+](=O)[O-])cc3)c2=O)[C@H](Cl)[C@@H]1C.Nc1ccn([C@@H]2O[C@@](CO)(CF)[C@@H](O)[C@H]2Cl)c(=O)n1.O=c1ccn([C@@H]2O[C@@](CO)(CF)[C@@H](O)[C@H]2Cl)c(=O)[nH]1. The number of nitrogens with two attached hydrogens (primary N) is 1.